The molecule has 6 nitrogen and oxygen atoms in total. The Morgan fingerprint density at radius 3 is 0.919 bits per heavy atom. The second kappa shape index (κ2) is 19.1. The number of piperidine rings is 5. The zero-order chi connectivity index (χ0) is 24.7. The summed E-state index contributed by atoms with van der Waals surface area (Å²) >= 11 is 0. The van der Waals surface area contributed by atoms with Gasteiger partial charge in [-0.05, 0) is 0 Å². The molecule has 0 spiro atoms. The first-order valence-corrected chi connectivity index (χ1v) is 15.5. The SMILES string of the molecule is C1=CCC(C2CCCC[N-]2)[N-]C1.C1CCC(C2CCCC[N-]2)[N-]C1.C1CCC(C2CCCC[N-]2)[N-]C1.[Ni+2]. The largest absolute Gasteiger partial charge is 2.00 e. The van der Waals surface area contributed by atoms with E-state index in [1.807, 2.05) is 0 Å². The van der Waals surface area contributed by atoms with Gasteiger partial charge in [0.2, 0.25) is 0 Å². The molecule has 6 unspecified atom stereocenters. The van der Waals surface area contributed by atoms with Gasteiger partial charge in [-0.25, -0.2) is 0 Å². The van der Waals surface area contributed by atoms with Crippen LogP contribution in [0.3, 0.4) is 0 Å². The van der Waals surface area contributed by atoms with E-state index in [0.29, 0.717) is 36.3 Å². The smallest absolute Gasteiger partial charge is 0.661 e. The Kier molecular flexibility index (Phi) is 16.3. The van der Waals surface area contributed by atoms with Crippen molar-refractivity contribution in [2.45, 2.75) is 139 Å². The molecule has 0 bridgehead atoms. The van der Waals surface area contributed by atoms with Crippen molar-refractivity contribution in [3.8, 4) is 0 Å². The van der Waals surface area contributed by atoms with Gasteiger partial charge >= 0.3 is 16.5 Å². The summed E-state index contributed by atoms with van der Waals surface area (Å²) in [4.78, 5) is 0. The number of hydrogen-bond acceptors (Lipinski definition) is 0. The zero-order valence-corrected chi connectivity index (χ0v) is 24.2. The molecular formula is C30H52N6Ni-4. The van der Waals surface area contributed by atoms with Gasteiger partial charge in [0.05, 0.1) is 0 Å². The van der Waals surface area contributed by atoms with Crippen molar-refractivity contribution < 1.29 is 16.5 Å². The third kappa shape index (κ3) is 11.6. The van der Waals surface area contributed by atoms with Crippen molar-refractivity contribution in [2.24, 2.45) is 0 Å². The van der Waals surface area contributed by atoms with Crippen LogP contribution >= 0.6 is 0 Å². The van der Waals surface area contributed by atoms with E-state index >= 15 is 0 Å². The predicted molar refractivity (Wildman–Crippen MR) is 155 cm³/mol. The molecule has 5 fully saturated rings. The fourth-order valence-corrected chi connectivity index (χ4v) is 6.50. The van der Waals surface area contributed by atoms with E-state index in [9.17, 15) is 0 Å². The van der Waals surface area contributed by atoms with Crippen molar-refractivity contribution in [3.05, 3.63) is 44.1 Å². The first kappa shape index (κ1) is 31.5. The Balaban J connectivity index is 0.000000152. The minimum absolute atomic E-state index is 0. The van der Waals surface area contributed by atoms with Crippen LogP contribution in [-0.4, -0.2) is 75.5 Å². The Bertz CT molecular complexity index is 511. The summed E-state index contributed by atoms with van der Waals surface area (Å²) in [5.41, 5.74) is 0. The van der Waals surface area contributed by atoms with Crippen molar-refractivity contribution in [2.75, 3.05) is 39.3 Å². The molecular weight excluding hydrogens is 503 g/mol. The first-order chi connectivity index (χ1) is 17.9. The van der Waals surface area contributed by atoms with Crippen LogP contribution in [0.1, 0.15) is 103 Å². The van der Waals surface area contributed by atoms with E-state index in [1.54, 1.807) is 0 Å². The van der Waals surface area contributed by atoms with Crippen molar-refractivity contribution in [3.63, 3.8) is 0 Å². The third-order valence-corrected chi connectivity index (χ3v) is 8.68. The molecule has 6 heterocycles. The molecule has 5 saturated heterocycles. The van der Waals surface area contributed by atoms with E-state index in [4.69, 9.17) is 0 Å². The molecule has 0 radical (unpaired) electrons. The van der Waals surface area contributed by atoms with E-state index in [1.165, 1.54) is 96.3 Å². The Hall–Kier alpha value is -0.00649. The van der Waals surface area contributed by atoms with Crippen LogP contribution in [0.5, 0.6) is 0 Å². The second-order valence-electron chi connectivity index (χ2n) is 11.5. The first-order valence-electron chi connectivity index (χ1n) is 15.5. The monoisotopic (exact) mass is 554 g/mol. The maximum Gasteiger partial charge on any atom is 2.00 e. The molecule has 37 heavy (non-hydrogen) atoms. The van der Waals surface area contributed by atoms with E-state index in [-0.39, 0.29) is 16.5 Å². The summed E-state index contributed by atoms with van der Waals surface area (Å²) in [6.45, 7) is 6.36. The molecule has 7 heteroatoms. The fourth-order valence-electron chi connectivity index (χ4n) is 6.50. The van der Waals surface area contributed by atoms with Crippen LogP contribution in [0.15, 0.2) is 12.2 Å². The third-order valence-electron chi connectivity index (χ3n) is 8.68. The van der Waals surface area contributed by atoms with Gasteiger partial charge in [-0.3, -0.25) is 0 Å². The topological polar surface area (TPSA) is 84.6 Å². The van der Waals surface area contributed by atoms with Crippen LogP contribution in [0.2, 0.25) is 0 Å². The summed E-state index contributed by atoms with van der Waals surface area (Å²) < 4.78 is 0. The summed E-state index contributed by atoms with van der Waals surface area (Å²) in [7, 11) is 0. The Morgan fingerprint density at radius 1 is 0.351 bits per heavy atom. The Labute approximate surface area is 238 Å². The predicted octanol–water partition coefficient (Wildman–Crippen LogP) is 8.29. The van der Waals surface area contributed by atoms with Gasteiger partial charge in [-0.15, -0.1) is 51.4 Å². The van der Waals surface area contributed by atoms with Gasteiger partial charge in [0, 0.05) is 0 Å². The Morgan fingerprint density at radius 2 is 0.676 bits per heavy atom. The molecule has 0 aromatic heterocycles. The van der Waals surface area contributed by atoms with Crippen molar-refractivity contribution >= 4 is 0 Å². The molecule has 0 saturated carbocycles. The van der Waals surface area contributed by atoms with E-state index in [2.05, 4.69) is 44.1 Å². The van der Waals surface area contributed by atoms with Crippen LogP contribution < -0.4 is 0 Å². The molecule has 0 N–H and O–H groups in total. The van der Waals surface area contributed by atoms with E-state index in [0.717, 1.165) is 45.7 Å². The molecule has 6 rings (SSSR count). The minimum Gasteiger partial charge on any atom is -0.661 e. The van der Waals surface area contributed by atoms with Crippen molar-refractivity contribution in [1.29, 1.82) is 0 Å². The van der Waals surface area contributed by atoms with Gasteiger partial charge in [0.25, 0.3) is 0 Å². The van der Waals surface area contributed by atoms with Crippen molar-refractivity contribution in [1.82, 2.24) is 0 Å². The summed E-state index contributed by atoms with van der Waals surface area (Å²) in [6, 6.07) is 3.44. The maximum absolute atomic E-state index is 4.66. The minimum atomic E-state index is 0. The molecule has 0 aromatic carbocycles. The molecule has 216 valence electrons. The second-order valence-corrected chi connectivity index (χ2v) is 11.5. The quantitative estimate of drug-likeness (QED) is 0.248. The zero-order valence-electron chi connectivity index (χ0n) is 23.2. The number of rotatable bonds is 3. The van der Waals surface area contributed by atoms with Gasteiger partial charge in [0.15, 0.2) is 0 Å². The average molecular weight is 555 g/mol. The fraction of sp³-hybridized carbons (Fsp3) is 0.933. The van der Waals surface area contributed by atoms with Crippen LogP contribution in [0.4, 0.5) is 0 Å². The maximum atomic E-state index is 4.66. The number of nitrogens with zero attached hydrogens (tertiary/aromatic N) is 6. The standard InChI is InChI=1S/2C10H18N2.C10H16N2.Ni/c3*1-3-7-11-9(5-1)10-6-2-4-8-12-10;/h2*9-10H,1-8H2;1,3,9-10H,2,4-8H2;/q3*-2;+2. The molecule has 6 atom stereocenters. The molecule has 0 aromatic rings. The van der Waals surface area contributed by atoms with Gasteiger partial charge in [0.1, 0.15) is 0 Å². The number of hydrogen-bond donors (Lipinski definition) is 0. The normalized spacial score (nSPS) is 36.5. The van der Waals surface area contributed by atoms with E-state index < -0.39 is 0 Å². The van der Waals surface area contributed by atoms with Gasteiger partial charge in [-0.1, -0.05) is 109 Å². The molecule has 0 amide bonds. The van der Waals surface area contributed by atoms with Crippen LogP contribution in [0, 0.1) is 0 Å². The van der Waals surface area contributed by atoms with Crippen LogP contribution in [-0.2, 0) is 16.5 Å². The molecule has 6 aliphatic heterocycles. The van der Waals surface area contributed by atoms with Gasteiger partial charge in [-0.2, -0.15) is 30.2 Å². The summed E-state index contributed by atoms with van der Waals surface area (Å²) in [5.74, 6) is 0. The molecule has 0 aliphatic carbocycles. The summed E-state index contributed by atoms with van der Waals surface area (Å²) in [6.07, 6.45) is 25.4. The van der Waals surface area contributed by atoms with Crippen LogP contribution in [0.25, 0.3) is 31.9 Å². The molecule has 6 aliphatic rings. The summed E-state index contributed by atoms with van der Waals surface area (Å²) in [5, 5.41) is 27.8. The average Bonchev–Trinajstić information content (AvgIpc) is 3.01. The van der Waals surface area contributed by atoms with Gasteiger partial charge < -0.3 is 31.9 Å².